The summed E-state index contributed by atoms with van der Waals surface area (Å²) in [6, 6.07) is 5.32. The number of benzene rings is 1. The SMILES string of the molecule is Cc1cccc(F)c1Nc1ncc2c(n1)N(C1CCCC1)CCC(=O)N2C. The van der Waals surface area contributed by atoms with Crippen LogP contribution in [0.1, 0.15) is 37.7 Å². The lowest BCUT2D eigenvalue weighted by molar-refractivity contribution is -0.118. The van der Waals surface area contributed by atoms with E-state index >= 15 is 0 Å². The van der Waals surface area contributed by atoms with Gasteiger partial charge in [-0.1, -0.05) is 25.0 Å². The van der Waals surface area contributed by atoms with E-state index in [1.807, 2.05) is 13.0 Å². The molecule has 1 aliphatic heterocycles. The van der Waals surface area contributed by atoms with Gasteiger partial charge in [-0.05, 0) is 31.4 Å². The van der Waals surface area contributed by atoms with E-state index in [1.54, 1.807) is 24.2 Å². The van der Waals surface area contributed by atoms with Gasteiger partial charge in [0.05, 0.1) is 11.9 Å². The van der Waals surface area contributed by atoms with E-state index in [2.05, 4.69) is 15.2 Å². The number of carbonyl (C=O) groups is 1. The molecule has 0 atom stereocenters. The first-order chi connectivity index (χ1) is 13.0. The van der Waals surface area contributed by atoms with Gasteiger partial charge in [-0.25, -0.2) is 9.37 Å². The van der Waals surface area contributed by atoms with Crippen molar-refractivity contribution in [2.45, 2.75) is 45.1 Å². The topological polar surface area (TPSA) is 61.4 Å². The van der Waals surface area contributed by atoms with Crippen molar-refractivity contribution in [1.82, 2.24) is 9.97 Å². The minimum absolute atomic E-state index is 0.0611. The molecule has 4 rings (SSSR count). The summed E-state index contributed by atoms with van der Waals surface area (Å²) in [5.74, 6) is 0.814. The van der Waals surface area contributed by atoms with E-state index in [9.17, 15) is 9.18 Å². The number of aromatic nitrogens is 2. The van der Waals surface area contributed by atoms with Crippen molar-refractivity contribution in [3.8, 4) is 0 Å². The fraction of sp³-hybridized carbons (Fsp3) is 0.450. The molecule has 1 aromatic carbocycles. The maximum absolute atomic E-state index is 14.2. The molecule has 2 aromatic rings. The highest BCUT2D eigenvalue weighted by Gasteiger charge is 2.31. The van der Waals surface area contributed by atoms with Crippen LogP contribution < -0.4 is 15.1 Å². The van der Waals surface area contributed by atoms with Crippen LogP contribution in [0.25, 0.3) is 0 Å². The Balaban J connectivity index is 1.73. The molecule has 0 spiro atoms. The molecule has 27 heavy (non-hydrogen) atoms. The maximum Gasteiger partial charge on any atom is 0.229 e. The molecule has 1 N–H and O–H groups in total. The maximum atomic E-state index is 14.2. The van der Waals surface area contributed by atoms with Gasteiger partial charge in [0.15, 0.2) is 5.82 Å². The van der Waals surface area contributed by atoms with Gasteiger partial charge in [0.25, 0.3) is 0 Å². The Bertz CT molecular complexity index is 845. The van der Waals surface area contributed by atoms with Crippen LogP contribution in [0.3, 0.4) is 0 Å². The van der Waals surface area contributed by atoms with Gasteiger partial charge in [0.2, 0.25) is 11.9 Å². The normalized spacial score (nSPS) is 17.8. The van der Waals surface area contributed by atoms with Crippen LogP contribution in [0.15, 0.2) is 24.4 Å². The number of halogens is 1. The number of carbonyl (C=O) groups excluding carboxylic acids is 1. The van der Waals surface area contributed by atoms with Gasteiger partial charge in [-0.2, -0.15) is 4.98 Å². The van der Waals surface area contributed by atoms with Gasteiger partial charge >= 0.3 is 0 Å². The largest absolute Gasteiger partial charge is 0.351 e. The Labute approximate surface area is 158 Å². The first-order valence-electron chi connectivity index (χ1n) is 9.47. The summed E-state index contributed by atoms with van der Waals surface area (Å²) in [5, 5.41) is 3.02. The van der Waals surface area contributed by atoms with Crippen molar-refractivity contribution in [1.29, 1.82) is 0 Å². The zero-order chi connectivity index (χ0) is 19.0. The van der Waals surface area contributed by atoms with Crippen LogP contribution in [0, 0.1) is 12.7 Å². The molecule has 0 radical (unpaired) electrons. The zero-order valence-electron chi connectivity index (χ0n) is 15.7. The lowest BCUT2D eigenvalue weighted by Gasteiger charge is -2.30. The average molecular weight is 369 g/mol. The Morgan fingerprint density at radius 3 is 2.78 bits per heavy atom. The molecule has 0 saturated heterocycles. The fourth-order valence-electron chi connectivity index (χ4n) is 3.97. The molecule has 142 valence electrons. The summed E-state index contributed by atoms with van der Waals surface area (Å²) in [4.78, 5) is 25.3. The second kappa shape index (κ2) is 7.13. The molecule has 2 heterocycles. The average Bonchev–Trinajstić information content (AvgIpc) is 3.15. The van der Waals surface area contributed by atoms with E-state index in [-0.39, 0.29) is 11.7 Å². The molecule has 2 aliphatic rings. The fourth-order valence-corrected chi connectivity index (χ4v) is 3.97. The number of nitrogens with one attached hydrogen (secondary N) is 1. The number of hydrogen-bond donors (Lipinski definition) is 1. The molecular weight excluding hydrogens is 345 g/mol. The molecule has 7 heteroatoms. The summed E-state index contributed by atoms with van der Waals surface area (Å²) in [6.45, 7) is 2.49. The van der Waals surface area contributed by atoms with Gasteiger partial charge in [-0.15, -0.1) is 0 Å². The standard InChI is InChI=1S/C20H24FN5O/c1-13-6-5-9-15(21)18(13)23-20-22-12-16-19(24-20)26(14-7-3-4-8-14)11-10-17(27)25(16)2/h5-6,9,12,14H,3-4,7-8,10-11H2,1-2H3,(H,22,23,24). The van der Waals surface area contributed by atoms with Crippen LogP contribution in [0.2, 0.25) is 0 Å². The van der Waals surface area contributed by atoms with E-state index in [0.717, 1.165) is 24.2 Å². The van der Waals surface area contributed by atoms with Crippen molar-refractivity contribution >= 4 is 29.0 Å². The molecule has 1 amide bonds. The highest BCUT2D eigenvalue weighted by Crippen LogP contribution is 2.36. The number of nitrogens with zero attached hydrogens (tertiary/aromatic N) is 4. The zero-order valence-corrected chi connectivity index (χ0v) is 15.7. The molecule has 1 saturated carbocycles. The number of anilines is 4. The summed E-state index contributed by atoms with van der Waals surface area (Å²) >= 11 is 0. The first-order valence-corrected chi connectivity index (χ1v) is 9.47. The minimum Gasteiger partial charge on any atom is -0.351 e. The number of fused-ring (bicyclic) bond motifs is 1. The van der Waals surface area contributed by atoms with E-state index < -0.39 is 0 Å². The van der Waals surface area contributed by atoms with Crippen molar-refractivity contribution in [2.24, 2.45) is 0 Å². The summed E-state index contributed by atoms with van der Waals surface area (Å²) in [5.41, 5.74) is 1.87. The highest BCUT2D eigenvalue weighted by atomic mass is 19.1. The second-order valence-corrected chi connectivity index (χ2v) is 7.29. The van der Waals surface area contributed by atoms with Gasteiger partial charge < -0.3 is 15.1 Å². The third-order valence-electron chi connectivity index (χ3n) is 5.55. The molecule has 1 aromatic heterocycles. The second-order valence-electron chi connectivity index (χ2n) is 7.29. The van der Waals surface area contributed by atoms with Gasteiger partial charge in [0.1, 0.15) is 11.5 Å². The number of para-hydroxylation sites is 1. The van der Waals surface area contributed by atoms with Crippen LogP contribution in [0.5, 0.6) is 0 Å². The Morgan fingerprint density at radius 2 is 2.04 bits per heavy atom. The Hall–Kier alpha value is -2.70. The van der Waals surface area contributed by atoms with E-state index in [1.165, 1.54) is 18.9 Å². The number of amides is 1. The molecule has 1 fully saturated rings. The van der Waals surface area contributed by atoms with Crippen LogP contribution in [-0.4, -0.2) is 35.5 Å². The smallest absolute Gasteiger partial charge is 0.229 e. The number of rotatable bonds is 3. The molecule has 1 aliphatic carbocycles. The van der Waals surface area contributed by atoms with E-state index in [4.69, 9.17) is 4.98 Å². The lowest BCUT2D eigenvalue weighted by Crippen LogP contribution is -2.34. The monoisotopic (exact) mass is 369 g/mol. The van der Waals surface area contributed by atoms with Crippen LogP contribution >= 0.6 is 0 Å². The van der Waals surface area contributed by atoms with Gasteiger partial charge in [0, 0.05) is 26.1 Å². The van der Waals surface area contributed by atoms with Crippen molar-refractivity contribution in [2.75, 3.05) is 28.7 Å². The molecule has 6 nitrogen and oxygen atoms in total. The summed E-state index contributed by atoms with van der Waals surface area (Å²) in [7, 11) is 1.76. The third-order valence-corrected chi connectivity index (χ3v) is 5.55. The molecule has 0 bridgehead atoms. The van der Waals surface area contributed by atoms with Crippen LogP contribution in [0.4, 0.5) is 27.5 Å². The lowest BCUT2D eigenvalue weighted by atomic mass is 10.2. The predicted octanol–water partition coefficient (Wildman–Crippen LogP) is 3.78. The Morgan fingerprint density at radius 1 is 1.26 bits per heavy atom. The summed E-state index contributed by atoms with van der Waals surface area (Å²) < 4.78 is 14.2. The third kappa shape index (κ3) is 3.34. The molecule has 0 unspecified atom stereocenters. The Kier molecular flexibility index (Phi) is 4.68. The molecular formula is C20H24FN5O. The van der Waals surface area contributed by atoms with Gasteiger partial charge in [-0.3, -0.25) is 4.79 Å². The van der Waals surface area contributed by atoms with Crippen molar-refractivity contribution in [3.05, 3.63) is 35.8 Å². The van der Waals surface area contributed by atoms with Crippen LogP contribution in [-0.2, 0) is 4.79 Å². The quantitative estimate of drug-likeness (QED) is 0.892. The highest BCUT2D eigenvalue weighted by molar-refractivity contribution is 5.97. The first kappa shape index (κ1) is 17.7. The number of hydrogen-bond acceptors (Lipinski definition) is 5. The van der Waals surface area contributed by atoms with Crippen molar-refractivity contribution < 1.29 is 9.18 Å². The number of aryl methyl sites for hydroxylation is 1. The predicted molar refractivity (Wildman–Crippen MR) is 104 cm³/mol. The van der Waals surface area contributed by atoms with E-state index in [0.29, 0.717) is 36.3 Å². The van der Waals surface area contributed by atoms with Crippen molar-refractivity contribution in [3.63, 3.8) is 0 Å². The minimum atomic E-state index is -0.339. The summed E-state index contributed by atoms with van der Waals surface area (Å²) in [6.07, 6.45) is 6.73.